The Labute approximate surface area is 138 Å². The van der Waals surface area contributed by atoms with Crippen LogP contribution in [0.5, 0.6) is 0 Å². The number of fused-ring (bicyclic) bond motifs is 1. The number of hydrogen-bond acceptors (Lipinski definition) is 4. The van der Waals surface area contributed by atoms with E-state index in [0.29, 0.717) is 11.6 Å². The van der Waals surface area contributed by atoms with E-state index in [4.69, 9.17) is 0 Å². The molecule has 0 N–H and O–H groups in total. The lowest BCUT2D eigenvalue weighted by molar-refractivity contribution is 0.892. The summed E-state index contributed by atoms with van der Waals surface area (Å²) in [5, 5.41) is 4.32. The fourth-order valence-corrected chi connectivity index (χ4v) is 2.43. The fourth-order valence-electron chi connectivity index (χ4n) is 2.43. The molecule has 0 fully saturated rings. The zero-order valence-corrected chi connectivity index (χ0v) is 13.3. The molecule has 1 aromatic carbocycles. The topological polar surface area (TPSA) is 60.9 Å². The molecule has 4 rings (SSSR count). The van der Waals surface area contributed by atoms with Crippen molar-refractivity contribution < 1.29 is 0 Å². The lowest BCUT2D eigenvalue weighted by Crippen LogP contribution is -1.91. The number of benzene rings is 1. The maximum absolute atomic E-state index is 4.58. The zero-order chi connectivity index (χ0) is 16.5. The third kappa shape index (κ3) is 2.52. The van der Waals surface area contributed by atoms with Gasteiger partial charge in [-0.25, -0.2) is 14.5 Å². The van der Waals surface area contributed by atoms with Crippen molar-refractivity contribution in [3.63, 3.8) is 0 Å². The highest BCUT2D eigenvalue weighted by Crippen LogP contribution is 2.17. The molecular weight excluding hydrogens is 300 g/mol. The average Bonchev–Trinajstić information content (AvgIpc) is 3.18. The molecule has 0 aliphatic carbocycles. The van der Waals surface area contributed by atoms with Crippen LogP contribution in [-0.2, 0) is 7.05 Å². The van der Waals surface area contributed by atoms with Gasteiger partial charge in [-0.2, -0.15) is 4.98 Å². The van der Waals surface area contributed by atoms with Gasteiger partial charge in [-0.3, -0.25) is 0 Å². The second-order valence-electron chi connectivity index (χ2n) is 5.46. The van der Waals surface area contributed by atoms with Gasteiger partial charge in [0.1, 0.15) is 6.33 Å². The van der Waals surface area contributed by atoms with E-state index >= 15 is 0 Å². The smallest absolute Gasteiger partial charge is 0.226 e. The van der Waals surface area contributed by atoms with Crippen LogP contribution in [0.2, 0.25) is 0 Å². The summed E-state index contributed by atoms with van der Waals surface area (Å²) >= 11 is 0. The number of imidazole rings is 1. The summed E-state index contributed by atoms with van der Waals surface area (Å²) in [6.45, 7) is 1.94. The summed E-state index contributed by atoms with van der Waals surface area (Å²) < 4.78 is 3.53. The van der Waals surface area contributed by atoms with Crippen molar-refractivity contribution in [3.8, 4) is 23.1 Å². The molecule has 6 nitrogen and oxygen atoms in total. The maximum atomic E-state index is 4.58. The summed E-state index contributed by atoms with van der Waals surface area (Å²) in [6.07, 6.45) is 5.34. The Balaban J connectivity index is 1.70. The molecule has 0 bridgehead atoms. The third-order valence-electron chi connectivity index (χ3n) is 3.66. The van der Waals surface area contributed by atoms with Crippen molar-refractivity contribution in [2.24, 2.45) is 7.05 Å². The van der Waals surface area contributed by atoms with Gasteiger partial charge in [0.25, 0.3) is 0 Å². The highest BCUT2D eigenvalue weighted by molar-refractivity contribution is 5.59. The van der Waals surface area contributed by atoms with Crippen molar-refractivity contribution in [1.29, 1.82) is 0 Å². The predicted molar refractivity (Wildman–Crippen MR) is 90.1 cm³/mol. The zero-order valence-electron chi connectivity index (χ0n) is 13.3. The Kier molecular flexibility index (Phi) is 3.32. The molecule has 0 saturated heterocycles. The minimum absolute atomic E-state index is 0.454. The van der Waals surface area contributed by atoms with Crippen LogP contribution in [0.3, 0.4) is 0 Å². The van der Waals surface area contributed by atoms with E-state index < -0.39 is 0 Å². The molecule has 0 spiro atoms. The van der Waals surface area contributed by atoms with Crippen molar-refractivity contribution in [1.82, 2.24) is 29.1 Å². The van der Waals surface area contributed by atoms with Crippen LogP contribution >= 0.6 is 0 Å². The van der Waals surface area contributed by atoms with E-state index in [-0.39, 0.29) is 0 Å². The molecule has 0 aliphatic heterocycles. The van der Waals surface area contributed by atoms with E-state index in [9.17, 15) is 0 Å². The molecule has 0 radical (unpaired) electrons. The monoisotopic (exact) mass is 314 g/mol. The van der Waals surface area contributed by atoms with Crippen LogP contribution in [0.4, 0.5) is 0 Å². The SMILES string of the molecule is Cc1cncn2nc(C#Cc3nc(-c4ccccc4)cn3C)nc12. The van der Waals surface area contributed by atoms with Gasteiger partial charge in [0, 0.05) is 30.6 Å². The van der Waals surface area contributed by atoms with E-state index in [0.717, 1.165) is 22.5 Å². The summed E-state index contributed by atoms with van der Waals surface area (Å²) in [6, 6.07) is 10.0. The van der Waals surface area contributed by atoms with Gasteiger partial charge >= 0.3 is 0 Å². The van der Waals surface area contributed by atoms with Gasteiger partial charge in [0.2, 0.25) is 5.82 Å². The van der Waals surface area contributed by atoms with Gasteiger partial charge in [-0.15, -0.1) is 5.10 Å². The van der Waals surface area contributed by atoms with Gasteiger partial charge in [-0.05, 0) is 18.8 Å². The van der Waals surface area contributed by atoms with Crippen molar-refractivity contribution in [2.45, 2.75) is 6.92 Å². The Hall–Kier alpha value is -3.46. The van der Waals surface area contributed by atoms with E-state index in [1.54, 1.807) is 17.0 Å². The Morgan fingerprint density at radius 3 is 2.67 bits per heavy atom. The number of hydrogen-bond donors (Lipinski definition) is 0. The van der Waals surface area contributed by atoms with Gasteiger partial charge < -0.3 is 4.57 Å². The first-order valence-electron chi connectivity index (χ1n) is 7.48. The third-order valence-corrected chi connectivity index (χ3v) is 3.66. The normalized spacial score (nSPS) is 10.6. The van der Waals surface area contributed by atoms with E-state index in [1.807, 2.05) is 55.1 Å². The molecule has 0 atom stereocenters. The molecular formula is C18H14N6. The summed E-state index contributed by atoms with van der Waals surface area (Å²) in [7, 11) is 1.93. The summed E-state index contributed by atoms with van der Waals surface area (Å²) in [5.74, 6) is 7.15. The first-order chi connectivity index (χ1) is 11.7. The summed E-state index contributed by atoms with van der Waals surface area (Å²) in [5.41, 5.74) is 3.68. The lowest BCUT2D eigenvalue weighted by atomic mass is 10.2. The number of aryl methyl sites for hydroxylation is 2. The Morgan fingerprint density at radius 1 is 1.04 bits per heavy atom. The lowest BCUT2D eigenvalue weighted by Gasteiger charge is -1.92. The van der Waals surface area contributed by atoms with Crippen LogP contribution < -0.4 is 0 Å². The second kappa shape index (κ2) is 5.63. The minimum Gasteiger partial charge on any atom is -0.327 e. The standard InChI is InChI=1S/C18H14N6/c1-13-10-19-12-24-18(13)21-16(22-24)8-9-17-20-15(11-23(17)2)14-6-4-3-5-7-14/h3-7,10-12H,1-2H3. The Morgan fingerprint density at radius 2 is 1.88 bits per heavy atom. The largest absolute Gasteiger partial charge is 0.327 e. The van der Waals surface area contributed by atoms with Crippen molar-refractivity contribution in [3.05, 3.63) is 66.3 Å². The fraction of sp³-hybridized carbons (Fsp3) is 0.111. The van der Waals surface area contributed by atoms with Crippen LogP contribution in [0.15, 0.2) is 49.1 Å². The van der Waals surface area contributed by atoms with Crippen molar-refractivity contribution in [2.75, 3.05) is 0 Å². The molecule has 0 unspecified atom stereocenters. The first-order valence-corrected chi connectivity index (χ1v) is 7.48. The highest BCUT2D eigenvalue weighted by atomic mass is 15.3. The van der Waals surface area contributed by atoms with E-state index in [1.165, 1.54) is 0 Å². The first kappa shape index (κ1) is 14.2. The van der Waals surface area contributed by atoms with Gasteiger partial charge in [0.15, 0.2) is 11.5 Å². The molecule has 3 aromatic heterocycles. The minimum atomic E-state index is 0.454. The average molecular weight is 314 g/mol. The molecule has 6 heteroatoms. The quantitative estimate of drug-likeness (QED) is 0.506. The number of aromatic nitrogens is 6. The molecule has 3 heterocycles. The molecule has 0 saturated carbocycles. The highest BCUT2D eigenvalue weighted by Gasteiger charge is 2.06. The van der Waals surface area contributed by atoms with Gasteiger partial charge in [0.05, 0.1) is 5.69 Å². The van der Waals surface area contributed by atoms with Crippen LogP contribution in [0.25, 0.3) is 16.9 Å². The molecule has 0 aliphatic rings. The molecule has 4 aromatic rings. The maximum Gasteiger partial charge on any atom is 0.226 e. The number of nitrogens with zero attached hydrogens (tertiary/aromatic N) is 6. The second-order valence-corrected chi connectivity index (χ2v) is 5.46. The molecule has 116 valence electrons. The molecule has 0 amide bonds. The van der Waals surface area contributed by atoms with Crippen LogP contribution in [0, 0.1) is 18.8 Å². The van der Waals surface area contributed by atoms with Gasteiger partial charge in [-0.1, -0.05) is 30.3 Å². The number of rotatable bonds is 1. The van der Waals surface area contributed by atoms with Crippen LogP contribution in [0.1, 0.15) is 17.2 Å². The predicted octanol–water partition coefficient (Wildman–Crippen LogP) is 2.23. The molecule has 24 heavy (non-hydrogen) atoms. The Bertz CT molecular complexity index is 1080. The van der Waals surface area contributed by atoms with Crippen molar-refractivity contribution >= 4 is 5.65 Å². The summed E-state index contributed by atoms with van der Waals surface area (Å²) in [4.78, 5) is 13.1. The van der Waals surface area contributed by atoms with E-state index in [2.05, 4.69) is 31.9 Å². The van der Waals surface area contributed by atoms with Crippen LogP contribution in [-0.4, -0.2) is 29.1 Å².